The van der Waals surface area contributed by atoms with Gasteiger partial charge in [0, 0.05) is 17.4 Å². The number of rotatable bonds is 4. The van der Waals surface area contributed by atoms with E-state index in [0.717, 1.165) is 11.5 Å². The van der Waals surface area contributed by atoms with E-state index in [2.05, 4.69) is 6.08 Å². The summed E-state index contributed by atoms with van der Waals surface area (Å²) in [6.07, 6.45) is 7.29. The van der Waals surface area contributed by atoms with Crippen LogP contribution in [0.3, 0.4) is 0 Å². The lowest BCUT2D eigenvalue weighted by molar-refractivity contribution is -0.144. The lowest BCUT2D eigenvalue weighted by Crippen LogP contribution is -2.18. The van der Waals surface area contributed by atoms with Gasteiger partial charge in [-0.2, -0.15) is 0 Å². The molecule has 2 atom stereocenters. The van der Waals surface area contributed by atoms with Gasteiger partial charge in [-0.25, -0.2) is 0 Å². The van der Waals surface area contributed by atoms with Crippen LogP contribution in [0.25, 0.3) is 0 Å². The summed E-state index contributed by atoms with van der Waals surface area (Å²) in [7, 11) is 0. The third-order valence-corrected chi connectivity index (χ3v) is 3.02. The molecule has 0 aliphatic heterocycles. The van der Waals surface area contributed by atoms with Gasteiger partial charge in [-0.1, -0.05) is 30.7 Å². The van der Waals surface area contributed by atoms with Crippen LogP contribution in [0.15, 0.2) is 23.3 Å². The van der Waals surface area contributed by atoms with E-state index < -0.39 is 0 Å². The van der Waals surface area contributed by atoms with Gasteiger partial charge in [-0.05, 0) is 25.3 Å². The Morgan fingerprint density at radius 1 is 1.73 bits per heavy atom. The predicted octanol–water partition coefficient (Wildman–Crippen LogP) is 3.27. The molecule has 1 aliphatic carbocycles. The Hall–Kier alpha value is -0.760. The number of carbonyl (C=O) groups is 1. The largest absolute Gasteiger partial charge is 0.466 e. The Balaban J connectivity index is 2.47. The molecule has 1 rings (SSSR count). The molecular formula is C12H17ClO2. The van der Waals surface area contributed by atoms with Crippen molar-refractivity contribution in [3.05, 3.63) is 23.3 Å². The maximum absolute atomic E-state index is 11.3. The van der Waals surface area contributed by atoms with Crippen LogP contribution in [0.5, 0.6) is 0 Å². The monoisotopic (exact) mass is 228 g/mol. The zero-order chi connectivity index (χ0) is 11.3. The molecule has 0 aromatic rings. The zero-order valence-electron chi connectivity index (χ0n) is 9.20. The van der Waals surface area contributed by atoms with Crippen LogP contribution >= 0.6 is 11.6 Å². The first-order chi connectivity index (χ1) is 7.15. The molecule has 0 saturated heterocycles. The van der Waals surface area contributed by atoms with Gasteiger partial charge in [0.05, 0.1) is 6.61 Å². The summed E-state index contributed by atoms with van der Waals surface area (Å²) in [4.78, 5) is 11.3. The third kappa shape index (κ3) is 3.71. The topological polar surface area (TPSA) is 26.3 Å². The summed E-state index contributed by atoms with van der Waals surface area (Å²) >= 11 is 6.10. The van der Waals surface area contributed by atoms with Crippen molar-refractivity contribution in [3.63, 3.8) is 0 Å². The molecule has 0 fully saturated rings. The number of carbonyl (C=O) groups excluding carboxylic acids is 1. The highest BCUT2D eigenvalue weighted by Crippen LogP contribution is 2.32. The number of hydrogen-bond acceptors (Lipinski definition) is 2. The van der Waals surface area contributed by atoms with Crippen LogP contribution in [-0.2, 0) is 9.53 Å². The standard InChI is InChI=1S/C12H17ClO2/c1-3-15-12(14)8-9(2)10-6-4-5-7-11(10)13/h4-5,7,9-10H,3,6,8H2,1-2H3. The average Bonchev–Trinajstić information content (AvgIpc) is 2.18. The van der Waals surface area contributed by atoms with Gasteiger partial charge in [-0.15, -0.1) is 0 Å². The molecule has 0 N–H and O–H groups in total. The summed E-state index contributed by atoms with van der Waals surface area (Å²) in [5, 5.41) is 0.842. The van der Waals surface area contributed by atoms with Gasteiger partial charge in [0.1, 0.15) is 0 Å². The molecular weight excluding hydrogens is 212 g/mol. The van der Waals surface area contributed by atoms with E-state index in [4.69, 9.17) is 16.3 Å². The second-order valence-electron chi connectivity index (χ2n) is 3.81. The Bertz CT molecular complexity index is 281. The molecule has 0 aromatic carbocycles. The lowest BCUT2D eigenvalue weighted by atomic mass is 9.86. The molecule has 0 spiro atoms. The zero-order valence-corrected chi connectivity index (χ0v) is 9.96. The van der Waals surface area contributed by atoms with E-state index >= 15 is 0 Å². The molecule has 3 heteroatoms. The minimum atomic E-state index is -0.135. The van der Waals surface area contributed by atoms with Gasteiger partial charge in [0.25, 0.3) is 0 Å². The third-order valence-electron chi connectivity index (χ3n) is 2.62. The van der Waals surface area contributed by atoms with Gasteiger partial charge >= 0.3 is 5.97 Å². The molecule has 0 amide bonds. The van der Waals surface area contributed by atoms with Crippen LogP contribution in [0.1, 0.15) is 26.7 Å². The van der Waals surface area contributed by atoms with Crippen LogP contribution < -0.4 is 0 Å². The summed E-state index contributed by atoms with van der Waals surface area (Å²) in [6, 6.07) is 0. The van der Waals surface area contributed by atoms with Crippen LogP contribution in [-0.4, -0.2) is 12.6 Å². The molecule has 0 saturated carbocycles. The summed E-state index contributed by atoms with van der Waals surface area (Å²) in [6.45, 7) is 4.30. The maximum Gasteiger partial charge on any atom is 0.306 e. The molecule has 15 heavy (non-hydrogen) atoms. The maximum atomic E-state index is 11.3. The van der Waals surface area contributed by atoms with Gasteiger partial charge in [0.15, 0.2) is 0 Å². The average molecular weight is 229 g/mol. The van der Waals surface area contributed by atoms with Gasteiger partial charge in [0.2, 0.25) is 0 Å². The van der Waals surface area contributed by atoms with Crippen molar-refractivity contribution in [2.75, 3.05) is 6.61 Å². The normalized spacial score (nSPS) is 22.1. The van der Waals surface area contributed by atoms with Crippen molar-refractivity contribution in [1.82, 2.24) is 0 Å². The fourth-order valence-corrected chi connectivity index (χ4v) is 2.13. The van der Waals surface area contributed by atoms with E-state index in [1.54, 1.807) is 0 Å². The fraction of sp³-hybridized carbons (Fsp3) is 0.583. The van der Waals surface area contributed by atoms with Crippen molar-refractivity contribution in [2.24, 2.45) is 11.8 Å². The van der Waals surface area contributed by atoms with E-state index in [-0.39, 0.29) is 17.8 Å². The molecule has 2 nitrogen and oxygen atoms in total. The van der Waals surface area contributed by atoms with Crippen LogP contribution in [0.4, 0.5) is 0 Å². The summed E-state index contributed by atoms with van der Waals surface area (Å²) in [5.74, 6) is 0.364. The van der Waals surface area contributed by atoms with Crippen molar-refractivity contribution < 1.29 is 9.53 Å². The Morgan fingerprint density at radius 2 is 2.47 bits per heavy atom. The molecule has 0 heterocycles. The van der Waals surface area contributed by atoms with Crippen LogP contribution in [0, 0.1) is 11.8 Å². The molecule has 0 aromatic heterocycles. The second kappa shape index (κ2) is 5.96. The van der Waals surface area contributed by atoms with E-state index in [1.807, 2.05) is 26.0 Å². The number of hydrogen-bond donors (Lipinski definition) is 0. The molecule has 0 radical (unpaired) electrons. The Morgan fingerprint density at radius 3 is 3.07 bits per heavy atom. The minimum Gasteiger partial charge on any atom is -0.466 e. The van der Waals surface area contributed by atoms with E-state index in [0.29, 0.717) is 13.0 Å². The SMILES string of the molecule is CCOC(=O)CC(C)C1CC=CC=C1Cl. The summed E-state index contributed by atoms with van der Waals surface area (Å²) in [5.41, 5.74) is 0. The van der Waals surface area contributed by atoms with Gasteiger partial charge < -0.3 is 4.74 Å². The van der Waals surface area contributed by atoms with E-state index in [1.165, 1.54) is 0 Å². The number of halogens is 1. The highest BCUT2D eigenvalue weighted by molar-refractivity contribution is 6.30. The highest BCUT2D eigenvalue weighted by atomic mass is 35.5. The van der Waals surface area contributed by atoms with Gasteiger partial charge in [-0.3, -0.25) is 4.79 Å². The van der Waals surface area contributed by atoms with Crippen molar-refractivity contribution in [1.29, 1.82) is 0 Å². The Labute approximate surface area is 95.9 Å². The Kier molecular flexibility index (Phi) is 4.89. The van der Waals surface area contributed by atoms with Crippen molar-refractivity contribution in [3.8, 4) is 0 Å². The first kappa shape index (κ1) is 12.3. The predicted molar refractivity (Wildman–Crippen MR) is 61.6 cm³/mol. The number of ether oxygens (including phenoxy) is 1. The quantitative estimate of drug-likeness (QED) is 0.691. The van der Waals surface area contributed by atoms with Crippen molar-refractivity contribution >= 4 is 17.6 Å². The molecule has 2 unspecified atom stereocenters. The first-order valence-electron chi connectivity index (χ1n) is 5.33. The number of esters is 1. The molecule has 0 bridgehead atoms. The summed E-state index contributed by atoms with van der Waals surface area (Å²) < 4.78 is 4.92. The minimum absolute atomic E-state index is 0.135. The smallest absolute Gasteiger partial charge is 0.306 e. The molecule has 1 aliphatic rings. The highest BCUT2D eigenvalue weighted by Gasteiger charge is 2.23. The fourth-order valence-electron chi connectivity index (χ4n) is 1.75. The number of allylic oxidation sites excluding steroid dienone is 4. The van der Waals surface area contributed by atoms with E-state index in [9.17, 15) is 4.79 Å². The lowest BCUT2D eigenvalue weighted by Gasteiger charge is -2.23. The molecule has 84 valence electrons. The second-order valence-corrected chi connectivity index (χ2v) is 4.24. The van der Waals surface area contributed by atoms with Crippen LogP contribution in [0.2, 0.25) is 0 Å². The van der Waals surface area contributed by atoms with Crippen molar-refractivity contribution in [2.45, 2.75) is 26.7 Å². The first-order valence-corrected chi connectivity index (χ1v) is 5.70.